The largest absolute Gasteiger partial charge is 0.494 e. The Morgan fingerprint density at radius 2 is 1.79 bits per heavy atom. The first-order valence-corrected chi connectivity index (χ1v) is 7.94. The number of carbonyl (C=O) groups excluding carboxylic acids is 2. The molecule has 0 bridgehead atoms. The number of hydrogen-bond acceptors (Lipinski definition) is 3. The van der Waals surface area contributed by atoms with E-state index in [0.29, 0.717) is 17.2 Å². The molecule has 0 aromatic heterocycles. The van der Waals surface area contributed by atoms with Crippen molar-refractivity contribution in [2.45, 2.75) is 20.3 Å². The summed E-state index contributed by atoms with van der Waals surface area (Å²) in [4.78, 5) is 23.9. The number of halogens is 1. The van der Waals surface area contributed by atoms with Crippen molar-refractivity contribution in [2.24, 2.45) is 0 Å². The number of carbonyl (C=O) groups is 2. The lowest BCUT2D eigenvalue weighted by molar-refractivity contribution is -0.121. The van der Waals surface area contributed by atoms with E-state index >= 15 is 0 Å². The van der Waals surface area contributed by atoms with Crippen LogP contribution >= 0.6 is 11.6 Å². The Morgan fingerprint density at radius 1 is 1.08 bits per heavy atom. The van der Waals surface area contributed by atoms with Crippen molar-refractivity contribution in [3.8, 4) is 5.75 Å². The first-order valence-electron chi connectivity index (χ1n) is 7.56. The molecular weight excluding hydrogens is 328 g/mol. The normalized spacial score (nSPS) is 10.1. The van der Waals surface area contributed by atoms with Crippen molar-refractivity contribution in [2.75, 3.05) is 6.61 Å². The summed E-state index contributed by atoms with van der Waals surface area (Å²) in [6, 6.07) is 12.1. The van der Waals surface area contributed by atoms with Gasteiger partial charge in [-0.1, -0.05) is 23.7 Å². The minimum Gasteiger partial charge on any atom is -0.494 e. The number of benzene rings is 2. The van der Waals surface area contributed by atoms with Crippen molar-refractivity contribution in [1.29, 1.82) is 0 Å². The number of ether oxygens (including phenoxy) is 1. The van der Waals surface area contributed by atoms with Crippen molar-refractivity contribution in [3.63, 3.8) is 0 Å². The average Bonchev–Trinajstić information content (AvgIpc) is 2.57. The van der Waals surface area contributed by atoms with Gasteiger partial charge in [-0.15, -0.1) is 0 Å². The third-order valence-corrected chi connectivity index (χ3v) is 3.58. The molecule has 0 saturated heterocycles. The van der Waals surface area contributed by atoms with Crippen LogP contribution in [0, 0.1) is 6.92 Å². The highest BCUT2D eigenvalue weighted by atomic mass is 35.5. The molecule has 126 valence electrons. The highest BCUT2D eigenvalue weighted by molar-refractivity contribution is 6.30. The molecular formula is C18H19ClN2O3. The van der Waals surface area contributed by atoms with E-state index < -0.39 is 0 Å². The van der Waals surface area contributed by atoms with Gasteiger partial charge in [0.15, 0.2) is 0 Å². The quantitative estimate of drug-likeness (QED) is 0.818. The number of amides is 2. The molecule has 2 aromatic rings. The SMILES string of the molecule is CCOc1ccc(C(=O)NNC(=O)Cc2ccc(Cl)cc2)cc1C. The molecule has 0 aliphatic rings. The zero-order valence-electron chi connectivity index (χ0n) is 13.6. The molecule has 2 N–H and O–H groups in total. The van der Waals surface area contributed by atoms with Crippen molar-refractivity contribution < 1.29 is 14.3 Å². The second-order valence-corrected chi connectivity index (χ2v) is 5.66. The molecule has 2 rings (SSSR count). The lowest BCUT2D eigenvalue weighted by Crippen LogP contribution is -2.42. The van der Waals surface area contributed by atoms with Crippen LogP contribution in [-0.4, -0.2) is 18.4 Å². The van der Waals surface area contributed by atoms with E-state index in [-0.39, 0.29) is 18.2 Å². The van der Waals surface area contributed by atoms with Gasteiger partial charge in [-0.05, 0) is 55.3 Å². The van der Waals surface area contributed by atoms with Crippen LogP contribution in [-0.2, 0) is 11.2 Å². The van der Waals surface area contributed by atoms with Gasteiger partial charge < -0.3 is 4.74 Å². The van der Waals surface area contributed by atoms with Gasteiger partial charge in [0.25, 0.3) is 5.91 Å². The Labute approximate surface area is 145 Å². The second kappa shape index (κ2) is 8.36. The van der Waals surface area contributed by atoms with E-state index in [0.717, 1.165) is 16.9 Å². The summed E-state index contributed by atoms with van der Waals surface area (Å²) < 4.78 is 5.43. The maximum Gasteiger partial charge on any atom is 0.269 e. The lowest BCUT2D eigenvalue weighted by atomic mass is 10.1. The Morgan fingerprint density at radius 3 is 2.42 bits per heavy atom. The van der Waals surface area contributed by atoms with Crippen molar-refractivity contribution in [3.05, 3.63) is 64.2 Å². The van der Waals surface area contributed by atoms with Gasteiger partial charge in [-0.2, -0.15) is 0 Å². The average molecular weight is 347 g/mol. The standard InChI is InChI=1S/C18H19ClN2O3/c1-3-24-16-9-6-14(10-12(16)2)18(23)21-20-17(22)11-13-4-7-15(19)8-5-13/h4-10H,3,11H2,1-2H3,(H,20,22)(H,21,23). The van der Waals surface area contributed by atoms with Gasteiger partial charge in [0.2, 0.25) is 5.91 Å². The molecule has 24 heavy (non-hydrogen) atoms. The zero-order valence-corrected chi connectivity index (χ0v) is 14.3. The minimum atomic E-state index is -0.384. The topological polar surface area (TPSA) is 67.4 Å². The molecule has 0 radical (unpaired) electrons. The van der Waals surface area contributed by atoms with Crippen molar-refractivity contribution in [1.82, 2.24) is 10.9 Å². The van der Waals surface area contributed by atoms with Crippen LogP contribution in [0.2, 0.25) is 5.02 Å². The molecule has 6 heteroatoms. The van der Waals surface area contributed by atoms with Crippen LogP contribution < -0.4 is 15.6 Å². The van der Waals surface area contributed by atoms with E-state index in [9.17, 15) is 9.59 Å². The van der Waals surface area contributed by atoms with E-state index in [1.807, 2.05) is 13.8 Å². The Balaban J connectivity index is 1.89. The van der Waals surface area contributed by atoms with E-state index in [1.54, 1.807) is 42.5 Å². The number of rotatable bonds is 5. The van der Waals surface area contributed by atoms with Gasteiger partial charge in [-0.25, -0.2) is 0 Å². The summed E-state index contributed by atoms with van der Waals surface area (Å²) in [5.74, 6) is 0.0414. The van der Waals surface area contributed by atoms with Crippen molar-refractivity contribution >= 4 is 23.4 Å². The molecule has 2 amide bonds. The minimum absolute atomic E-state index is 0.153. The van der Waals surface area contributed by atoms with Crippen LogP contribution in [0.1, 0.15) is 28.4 Å². The summed E-state index contributed by atoms with van der Waals surface area (Å²) in [5, 5.41) is 0.610. The molecule has 0 atom stereocenters. The predicted molar refractivity (Wildman–Crippen MR) is 93.1 cm³/mol. The highest BCUT2D eigenvalue weighted by Crippen LogP contribution is 2.19. The molecule has 0 heterocycles. The Hall–Kier alpha value is -2.53. The monoisotopic (exact) mass is 346 g/mol. The van der Waals surface area contributed by atoms with Gasteiger partial charge in [0, 0.05) is 10.6 Å². The maximum absolute atomic E-state index is 12.1. The van der Waals surface area contributed by atoms with Gasteiger partial charge in [-0.3, -0.25) is 20.4 Å². The molecule has 0 unspecified atom stereocenters. The summed E-state index contributed by atoms with van der Waals surface area (Å²) in [7, 11) is 0. The third-order valence-electron chi connectivity index (χ3n) is 3.33. The fourth-order valence-corrected chi connectivity index (χ4v) is 2.26. The molecule has 0 saturated carbocycles. The number of hydrazine groups is 1. The summed E-state index contributed by atoms with van der Waals surface area (Å²) >= 11 is 5.80. The Bertz CT molecular complexity index is 730. The maximum atomic E-state index is 12.1. The van der Waals surface area contributed by atoms with Crippen LogP contribution in [0.5, 0.6) is 5.75 Å². The Kier molecular flexibility index (Phi) is 6.21. The fraction of sp³-hybridized carbons (Fsp3) is 0.222. The van der Waals surface area contributed by atoms with Crippen LogP contribution in [0.15, 0.2) is 42.5 Å². The number of hydrogen-bond donors (Lipinski definition) is 2. The molecule has 5 nitrogen and oxygen atoms in total. The van der Waals surface area contributed by atoms with Gasteiger partial charge in [0.1, 0.15) is 5.75 Å². The summed E-state index contributed by atoms with van der Waals surface area (Å²) in [5.41, 5.74) is 6.92. The molecule has 0 aliphatic carbocycles. The molecule has 0 spiro atoms. The fourth-order valence-electron chi connectivity index (χ4n) is 2.14. The first-order chi connectivity index (χ1) is 11.5. The number of nitrogens with one attached hydrogen (secondary N) is 2. The predicted octanol–water partition coefficient (Wildman–Crippen LogP) is 3.05. The summed E-state index contributed by atoms with van der Waals surface area (Å²) in [6.45, 7) is 4.32. The zero-order chi connectivity index (χ0) is 17.5. The molecule has 2 aromatic carbocycles. The van der Waals surface area contributed by atoms with Crippen LogP contribution in [0.4, 0.5) is 0 Å². The first kappa shape index (κ1) is 17.8. The lowest BCUT2D eigenvalue weighted by Gasteiger charge is -2.10. The van der Waals surface area contributed by atoms with Crippen LogP contribution in [0.3, 0.4) is 0 Å². The van der Waals surface area contributed by atoms with E-state index in [1.165, 1.54) is 0 Å². The number of aryl methyl sites for hydroxylation is 1. The third kappa shape index (κ3) is 4.99. The summed E-state index contributed by atoms with van der Waals surface area (Å²) in [6.07, 6.45) is 0.153. The van der Waals surface area contributed by atoms with E-state index in [2.05, 4.69) is 10.9 Å². The highest BCUT2D eigenvalue weighted by Gasteiger charge is 2.10. The van der Waals surface area contributed by atoms with E-state index in [4.69, 9.17) is 16.3 Å². The van der Waals surface area contributed by atoms with Gasteiger partial charge in [0.05, 0.1) is 13.0 Å². The molecule has 0 aliphatic heterocycles. The van der Waals surface area contributed by atoms with Gasteiger partial charge >= 0.3 is 0 Å². The molecule has 0 fully saturated rings. The smallest absolute Gasteiger partial charge is 0.269 e. The van der Waals surface area contributed by atoms with Crippen LogP contribution in [0.25, 0.3) is 0 Å². The second-order valence-electron chi connectivity index (χ2n) is 5.22.